The number of carbonyl (C=O) groups excluding carboxylic acids is 1. The molecule has 0 aliphatic carbocycles. The molecule has 3 heterocycles. The first-order valence-electron chi connectivity index (χ1n) is 11.0. The van der Waals surface area contributed by atoms with Gasteiger partial charge in [0, 0.05) is 30.0 Å². The third-order valence-corrected chi connectivity index (χ3v) is 6.08. The fraction of sp³-hybridized carbons (Fsp3) is 0.333. The van der Waals surface area contributed by atoms with Crippen LogP contribution in [0.25, 0.3) is 16.9 Å². The Kier molecular flexibility index (Phi) is 5.68. The van der Waals surface area contributed by atoms with E-state index in [0.29, 0.717) is 23.9 Å². The zero-order valence-electron chi connectivity index (χ0n) is 18.1. The van der Waals surface area contributed by atoms with Gasteiger partial charge in [0.1, 0.15) is 0 Å². The van der Waals surface area contributed by atoms with Crippen molar-refractivity contribution in [2.45, 2.75) is 25.7 Å². The highest BCUT2D eigenvalue weighted by molar-refractivity contribution is 5.94. The summed E-state index contributed by atoms with van der Waals surface area (Å²) in [6.45, 7) is 5.33. The summed E-state index contributed by atoms with van der Waals surface area (Å²) in [4.78, 5) is 19.2. The van der Waals surface area contributed by atoms with Gasteiger partial charge in [0.25, 0.3) is 11.9 Å². The first-order valence-corrected chi connectivity index (χ1v) is 11.0. The molecule has 4 aromatic rings. The summed E-state index contributed by atoms with van der Waals surface area (Å²) in [5, 5.41) is 12.9. The van der Waals surface area contributed by atoms with Crippen molar-refractivity contribution >= 4 is 16.8 Å². The molecule has 1 amide bonds. The maximum Gasteiger partial charge on any atom is 0.291 e. The largest absolute Gasteiger partial charge is 0.351 e. The summed E-state index contributed by atoms with van der Waals surface area (Å²) in [7, 11) is 0. The standard InChI is InChI=1S/C24H26N6O2/c1-17-20-9-5-6-10-21(20)30(27-17)24-26-23(32-28-24)19-11-14-29(15-12-19)16-13-25-22(31)18-7-3-2-4-8-18/h2-10,19H,11-16H2,1H3,(H,25,31). The van der Waals surface area contributed by atoms with Crippen LogP contribution in [0.2, 0.25) is 0 Å². The smallest absolute Gasteiger partial charge is 0.291 e. The molecular weight excluding hydrogens is 404 g/mol. The molecule has 2 aromatic heterocycles. The number of rotatable bonds is 6. The lowest BCUT2D eigenvalue weighted by molar-refractivity contribution is 0.0945. The van der Waals surface area contributed by atoms with Gasteiger partial charge in [-0.25, -0.2) is 0 Å². The molecule has 0 atom stereocenters. The lowest BCUT2D eigenvalue weighted by Gasteiger charge is -2.30. The number of para-hydroxylation sites is 1. The van der Waals surface area contributed by atoms with Crippen molar-refractivity contribution in [1.29, 1.82) is 0 Å². The quantitative estimate of drug-likeness (QED) is 0.505. The molecule has 1 aliphatic heterocycles. The molecule has 2 aromatic carbocycles. The maximum absolute atomic E-state index is 12.2. The highest BCUT2D eigenvalue weighted by atomic mass is 16.5. The topological polar surface area (TPSA) is 89.1 Å². The van der Waals surface area contributed by atoms with Crippen molar-refractivity contribution in [2.75, 3.05) is 26.2 Å². The van der Waals surface area contributed by atoms with Gasteiger partial charge in [0.05, 0.1) is 11.2 Å². The van der Waals surface area contributed by atoms with Gasteiger partial charge in [0.2, 0.25) is 5.89 Å². The van der Waals surface area contributed by atoms with Gasteiger partial charge in [-0.1, -0.05) is 36.4 Å². The van der Waals surface area contributed by atoms with Gasteiger partial charge in [-0.15, -0.1) is 0 Å². The number of aromatic nitrogens is 4. The SMILES string of the molecule is Cc1nn(-c2noc(C3CCN(CCNC(=O)c4ccccc4)CC3)n2)c2ccccc12. The van der Waals surface area contributed by atoms with Crippen LogP contribution in [-0.2, 0) is 0 Å². The van der Waals surface area contributed by atoms with E-state index in [-0.39, 0.29) is 11.8 Å². The predicted molar refractivity (Wildman–Crippen MR) is 121 cm³/mol. The Labute approximate surface area is 186 Å². The number of hydrogen-bond donors (Lipinski definition) is 1. The maximum atomic E-state index is 12.2. The van der Waals surface area contributed by atoms with Gasteiger partial charge >= 0.3 is 0 Å². The van der Waals surface area contributed by atoms with E-state index in [2.05, 4.69) is 25.5 Å². The normalized spacial score (nSPS) is 15.3. The Morgan fingerprint density at radius 1 is 1.09 bits per heavy atom. The second-order valence-electron chi connectivity index (χ2n) is 8.18. The third-order valence-electron chi connectivity index (χ3n) is 6.08. The van der Waals surface area contributed by atoms with Gasteiger partial charge < -0.3 is 14.7 Å². The van der Waals surface area contributed by atoms with Crippen molar-refractivity contribution in [3.8, 4) is 5.95 Å². The van der Waals surface area contributed by atoms with Crippen molar-refractivity contribution < 1.29 is 9.32 Å². The number of carbonyl (C=O) groups is 1. The summed E-state index contributed by atoms with van der Waals surface area (Å²) in [5.74, 6) is 1.37. The summed E-state index contributed by atoms with van der Waals surface area (Å²) >= 11 is 0. The van der Waals surface area contributed by atoms with Crippen LogP contribution in [0.4, 0.5) is 0 Å². The van der Waals surface area contributed by atoms with Gasteiger partial charge in [0.15, 0.2) is 0 Å². The first kappa shape index (κ1) is 20.4. The van der Waals surface area contributed by atoms with Crippen molar-refractivity contribution in [3.63, 3.8) is 0 Å². The molecule has 8 heteroatoms. The zero-order valence-corrected chi connectivity index (χ0v) is 18.1. The van der Waals surface area contributed by atoms with Crippen molar-refractivity contribution in [1.82, 2.24) is 30.1 Å². The molecule has 1 aliphatic rings. The number of hydrogen-bond acceptors (Lipinski definition) is 6. The summed E-state index contributed by atoms with van der Waals surface area (Å²) < 4.78 is 7.37. The van der Waals surface area contributed by atoms with Crippen LogP contribution in [0.1, 0.15) is 40.7 Å². The van der Waals surface area contributed by atoms with Crippen molar-refractivity contribution in [3.05, 3.63) is 71.7 Å². The van der Waals surface area contributed by atoms with Crippen LogP contribution >= 0.6 is 0 Å². The van der Waals surface area contributed by atoms with Crippen LogP contribution in [0.3, 0.4) is 0 Å². The molecule has 1 N–H and O–H groups in total. The highest BCUT2D eigenvalue weighted by Crippen LogP contribution is 2.28. The summed E-state index contributed by atoms with van der Waals surface area (Å²) in [6, 6.07) is 17.4. The molecule has 0 saturated carbocycles. The van der Waals surface area contributed by atoms with Crippen molar-refractivity contribution in [2.24, 2.45) is 0 Å². The van der Waals surface area contributed by atoms with Gasteiger partial charge in [-0.2, -0.15) is 14.8 Å². The molecule has 8 nitrogen and oxygen atoms in total. The van der Waals surface area contributed by atoms with E-state index >= 15 is 0 Å². The zero-order chi connectivity index (χ0) is 21.9. The average Bonchev–Trinajstić information content (AvgIpc) is 3.45. The van der Waals surface area contributed by atoms with Crippen LogP contribution in [0.5, 0.6) is 0 Å². The molecule has 1 saturated heterocycles. The Balaban J connectivity index is 1.15. The minimum absolute atomic E-state index is 0.0275. The molecule has 0 radical (unpaired) electrons. The molecule has 1 fully saturated rings. The lowest BCUT2D eigenvalue weighted by atomic mass is 9.97. The summed E-state index contributed by atoms with van der Waals surface area (Å²) in [5.41, 5.74) is 2.61. The molecular formula is C24H26N6O2. The molecule has 164 valence electrons. The number of nitrogens with one attached hydrogen (secondary N) is 1. The summed E-state index contributed by atoms with van der Waals surface area (Å²) in [6.07, 6.45) is 1.90. The van der Waals surface area contributed by atoms with E-state index in [1.807, 2.05) is 61.5 Å². The second-order valence-corrected chi connectivity index (χ2v) is 8.18. The number of nitrogens with zero attached hydrogens (tertiary/aromatic N) is 5. The minimum atomic E-state index is -0.0275. The molecule has 5 rings (SSSR count). The number of likely N-dealkylation sites (tertiary alicyclic amines) is 1. The van der Waals surface area contributed by atoms with E-state index in [9.17, 15) is 4.79 Å². The van der Waals surface area contributed by atoms with E-state index in [1.165, 1.54) is 0 Å². The average molecular weight is 431 g/mol. The number of benzene rings is 2. The fourth-order valence-corrected chi connectivity index (χ4v) is 4.28. The molecule has 32 heavy (non-hydrogen) atoms. The molecule has 0 unspecified atom stereocenters. The van der Waals surface area contributed by atoms with E-state index in [0.717, 1.165) is 49.1 Å². The predicted octanol–water partition coefficient (Wildman–Crippen LogP) is 3.33. The number of aryl methyl sites for hydroxylation is 1. The highest BCUT2D eigenvalue weighted by Gasteiger charge is 2.26. The Bertz CT molecular complexity index is 1210. The van der Waals surface area contributed by atoms with Crippen LogP contribution in [0, 0.1) is 6.92 Å². The monoisotopic (exact) mass is 430 g/mol. The van der Waals surface area contributed by atoms with Gasteiger partial charge in [-0.05, 0) is 56.2 Å². The van der Waals surface area contributed by atoms with E-state index in [4.69, 9.17) is 4.52 Å². The van der Waals surface area contributed by atoms with Crippen LogP contribution in [0.15, 0.2) is 59.1 Å². The van der Waals surface area contributed by atoms with Crippen LogP contribution < -0.4 is 5.32 Å². The number of amides is 1. The second kappa shape index (κ2) is 8.92. The Hall–Kier alpha value is -3.52. The first-order chi connectivity index (χ1) is 15.7. The minimum Gasteiger partial charge on any atom is -0.351 e. The Morgan fingerprint density at radius 3 is 2.66 bits per heavy atom. The van der Waals surface area contributed by atoms with Gasteiger partial charge in [-0.3, -0.25) is 4.79 Å². The van der Waals surface area contributed by atoms with E-state index < -0.39 is 0 Å². The van der Waals surface area contributed by atoms with Crippen LogP contribution in [-0.4, -0.2) is 56.9 Å². The third kappa shape index (κ3) is 4.13. The van der Waals surface area contributed by atoms with E-state index in [1.54, 1.807) is 4.68 Å². The number of piperidine rings is 1. The number of fused-ring (bicyclic) bond motifs is 1. The molecule has 0 spiro atoms. The molecule has 0 bridgehead atoms. The Morgan fingerprint density at radius 2 is 1.84 bits per heavy atom. The lowest BCUT2D eigenvalue weighted by Crippen LogP contribution is -2.39. The fourth-order valence-electron chi connectivity index (χ4n) is 4.28.